The fourth-order valence-corrected chi connectivity index (χ4v) is 1.91. The van der Waals surface area contributed by atoms with E-state index in [0.717, 1.165) is 0 Å². The minimum atomic E-state index is -3.83. The summed E-state index contributed by atoms with van der Waals surface area (Å²) in [6.07, 6.45) is 0. The Morgan fingerprint density at radius 3 is 2.53 bits per heavy atom. The standard InChI is InChI=1S/C10H17N3O3S/c1-13(2)5-6-16-9-4-3-8(11)7-10(9)17(12,14)15/h3-4,7H,5-6,11H2,1-2H3,(H2,12,14,15). The van der Waals surface area contributed by atoms with Crippen LogP contribution in [0.25, 0.3) is 0 Å². The molecule has 0 aliphatic carbocycles. The Kier molecular flexibility index (Phi) is 4.33. The second kappa shape index (κ2) is 5.35. The Bertz CT molecular complexity index is 486. The molecule has 0 bridgehead atoms. The molecular weight excluding hydrogens is 242 g/mol. The Hall–Kier alpha value is -1.31. The van der Waals surface area contributed by atoms with Gasteiger partial charge in [-0.1, -0.05) is 0 Å². The van der Waals surface area contributed by atoms with E-state index in [1.807, 2.05) is 19.0 Å². The number of hydrogen-bond donors (Lipinski definition) is 2. The summed E-state index contributed by atoms with van der Waals surface area (Å²) in [4.78, 5) is 1.84. The van der Waals surface area contributed by atoms with E-state index in [4.69, 9.17) is 15.6 Å². The van der Waals surface area contributed by atoms with Crippen molar-refractivity contribution in [2.75, 3.05) is 33.0 Å². The summed E-state index contributed by atoms with van der Waals surface area (Å²) in [5, 5.41) is 5.08. The number of nitrogen functional groups attached to an aromatic ring is 1. The van der Waals surface area contributed by atoms with Crippen LogP contribution in [-0.4, -0.2) is 40.6 Å². The van der Waals surface area contributed by atoms with Crippen LogP contribution < -0.4 is 15.6 Å². The third-order valence-electron chi connectivity index (χ3n) is 2.07. The maximum Gasteiger partial charge on any atom is 0.241 e. The summed E-state index contributed by atoms with van der Waals surface area (Å²) in [6.45, 7) is 1.05. The van der Waals surface area contributed by atoms with Crippen molar-refractivity contribution >= 4 is 15.7 Å². The average molecular weight is 259 g/mol. The van der Waals surface area contributed by atoms with Crippen LogP contribution in [0.3, 0.4) is 0 Å². The van der Waals surface area contributed by atoms with Crippen molar-refractivity contribution < 1.29 is 13.2 Å². The molecule has 1 aromatic carbocycles. The molecule has 0 spiro atoms. The molecule has 0 atom stereocenters. The lowest BCUT2D eigenvalue weighted by Crippen LogP contribution is -2.21. The quantitative estimate of drug-likeness (QED) is 0.717. The first-order valence-electron chi connectivity index (χ1n) is 5.00. The van der Waals surface area contributed by atoms with Crippen LogP contribution in [0, 0.1) is 0 Å². The van der Waals surface area contributed by atoms with E-state index in [0.29, 0.717) is 18.8 Å². The van der Waals surface area contributed by atoms with E-state index in [2.05, 4.69) is 0 Å². The molecule has 1 rings (SSSR count). The molecule has 96 valence electrons. The minimum Gasteiger partial charge on any atom is -0.491 e. The van der Waals surface area contributed by atoms with Crippen molar-refractivity contribution in [2.24, 2.45) is 5.14 Å². The molecule has 0 saturated heterocycles. The third kappa shape index (κ3) is 4.22. The SMILES string of the molecule is CN(C)CCOc1ccc(N)cc1S(N)(=O)=O. The highest BCUT2D eigenvalue weighted by molar-refractivity contribution is 7.89. The number of sulfonamides is 1. The summed E-state index contributed by atoms with van der Waals surface area (Å²) in [5.74, 6) is 0.226. The van der Waals surface area contributed by atoms with Gasteiger partial charge < -0.3 is 15.4 Å². The number of likely N-dealkylation sites (N-methyl/N-ethyl adjacent to an activating group) is 1. The highest BCUT2D eigenvalue weighted by atomic mass is 32.2. The smallest absolute Gasteiger partial charge is 0.241 e. The molecular formula is C10H17N3O3S. The lowest BCUT2D eigenvalue weighted by atomic mass is 10.3. The first-order valence-corrected chi connectivity index (χ1v) is 6.55. The Morgan fingerprint density at radius 2 is 2.00 bits per heavy atom. The van der Waals surface area contributed by atoms with Gasteiger partial charge in [-0.15, -0.1) is 0 Å². The van der Waals surface area contributed by atoms with E-state index in [-0.39, 0.29) is 10.6 Å². The first-order chi connectivity index (χ1) is 7.80. The summed E-state index contributed by atoms with van der Waals surface area (Å²) < 4.78 is 28.0. The van der Waals surface area contributed by atoms with Crippen molar-refractivity contribution in [1.82, 2.24) is 4.90 Å². The molecule has 0 aliphatic rings. The second-order valence-corrected chi connectivity index (χ2v) is 5.43. The Labute approximate surface area is 101 Å². The lowest BCUT2D eigenvalue weighted by molar-refractivity contribution is 0.256. The van der Waals surface area contributed by atoms with E-state index < -0.39 is 10.0 Å². The number of rotatable bonds is 5. The number of benzene rings is 1. The normalized spacial score (nSPS) is 11.8. The van der Waals surface area contributed by atoms with E-state index in [9.17, 15) is 8.42 Å². The molecule has 0 saturated carbocycles. The molecule has 6 nitrogen and oxygen atoms in total. The van der Waals surface area contributed by atoms with Crippen molar-refractivity contribution in [1.29, 1.82) is 0 Å². The predicted octanol–water partition coefficient (Wildman–Crippen LogP) is -0.143. The molecule has 4 N–H and O–H groups in total. The molecule has 0 amide bonds. The van der Waals surface area contributed by atoms with Gasteiger partial charge in [0.25, 0.3) is 0 Å². The lowest BCUT2D eigenvalue weighted by Gasteiger charge is -2.13. The third-order valence-corrected chi connectivity index (χ3v) is 3.00. The van der Waals surface area contributed by atoms with Crippen molar-refractivity contribution in [3.05, 3.63) is 18.2 Å². The number of nitrogens with zero attached hydrogens (tertiary/aromatic N) is 1. The van der Waals surface area contributed by atoms with Crippen molar-refractivity contribution in [2.45, 2.75) is 4.90 Å². The van der Waals surface area contributed by atoms with Gasteiger partial charge in [-0.25, -0.2) is 13.6 Å². The van der Waals surface area contributed by atoms with Gasteiger partial charge >= 0.3 is 0 Å². The van der Waals surface area contributed by atoms with Crippen molar-refractivity contribution in [3.8, 4) is 5.75 Å². The van der Waals surface area contributed by atoms with Crippen LogP contribution in [0.1, 0.15) is 0 Å². The van der Waals surface area contributed by atoms with Crippen LogP contribution in [0.5, 0.6) is 5.75 Å². The van der Waals surface area contributed by atoms with Crippen LogP contribution in [0.4, 0.5) is 5.69 Å². The number of anilines is 1. The van der Waals surface area contributed by atoms with Gasteiger partial charge in [0.15, 0.2) is 0 Å². The van der Waals surface area contributed by atoms with Gasteiger partial charge in [-0.2, -0.15) is 0 Å². The summed E-state index contributed by atoms with van der Waals surface area (Å²) >= 11 is 0. The minimum absolute atomic E-state index is 0.0868. The van der Waals surface area contributed by atoms with Gasteiger partial charge in [-0.3, -0.25) is 0 Å². The molecule has 0 aliphatic heterocycles. The van der Waals surface area contributed by atoms with Crippen LogP contribution in [-0.2, 0) is 10.0 Å². The number of hydrogen-bond acceptors (Lipinski definition) is 5. The number of primary sulfonamides is 1. The number of nitrogens with two attached hydrogens (primary N) is 2. The fraction of sp³-hybridized carbons (Fsp3) is 0.400. The molecule has 0 fully saturated rings. The van der Waals surface area contributed by atoms with Gasteiger partial charge in [0, 0.05) is 12.2 Å². The zero-order valence-electron chi connectivity index (χ0n) is 9.88. The fourth-order valence-electron chi connectivity index (χ4n) is 1.20. The molecule has 7 heteroatoms. The molecule has 0 radical (unpaired) electrons. The monoisotopic (exact) mass is 259 g/mol. The topological polar surface area (TPSA) is 98.7 Å². The predicted molar refractivity (Wildman–Crippen MR) is 66.3 cm³/mol. The molecule has 0 unspecified atom stereocenters. The largest absolute Gasteiger partial charge is 0.491 e. The highest BCUT2D eigenvalue weighted by Crippen LogP contribution is 2.24. The second-order valence-electron chi connectivity index (χ2n) is 3.90. The number of ether oxygens (including phenoxy) is 1. The van der Waals surface area contributed by atoms with Gasteiger partial charge in [0.1, 0.15) is 17.3 Å². The van der Waals surface area contributed by atoms with Crippen LogP contribution in [0.2, 0.25) is 0 Å². The Balaban J connectivity index is 2.92. The summed E-state index contributed by atoms with van der Waals surface area (Å²) in [6, 6.07) is 4.37. The molecule has 17 heavy (non-hydrogen) atoms. The highest BCUT2D eigenvalue weighted by Gasteiger charge is 2.15. The summed E-state index contributed by atoms with van der Waals surface area (Å²) in [7, 11) is -0.0337. The maximum atomic E-state index is 11.3. The maximum absolute atomic E-state index is 11.3. The van der Waals surface area contributed by atoms with E-state index >= 15 is 0 Å². The Morgan fingerprint density at radius 1 is 1.35 bits per heavy atom. The van der Waals surface area contributed by atoms with Crippen molar-refractivity contribution in [3.63, 3.8) is 0 Å². The van der Waals surface area contributed by atoms with E-state index in [1.54, 1.807) is 6.07 Å². The van der Waals surface area contributed by atoms with Gasteiger partial charge in [-0.05, 0) is 32.3 Å². The summed E-state index contributed by atoms with van der Waals surface area (Å²) in [5.41, 5.74) is 5.85. The molecule has 1 aromatic rings. The first kappa shape index (κ1) is 13.8. The average Bonchev–Trinajstić information content (AvgIpc) is 2.18. The van der Waals surface area contributed by atoms with E-state index in [1.165, 1.54) is 12.1 Å². The van der Waals surface area contributed by atoms with Gasteiger partial charge in [0.2, 0.25) is 10.0 Å². The zero-order valence-corrected chi connectivity index (χ0v) is 10.7. The van der Waals surface area contributed by atoms with Crippen LogP contribution >= 0.6 is 0 Å². The zero-order chi connectivity index (χ0) is 13.1. The molecule has 0 heterocycles. The van der Waals surface area contributed by atoms with Gasteiger partial charge in [0.05, 0.1) is 0 Å². The molecule has 0 aromatic heterocycles. The van der Waals surface area contributed by atoms with Crippen LogP contribution in [0.15, 0.2) is 23.1 Å².